The van der Waals surface area contributed by atoms with Gasteiger partial charge in [-0.25, -0.2) is 4.79 Å². The van der Waals surface area contributed by atoms with Gasteiger partial charge in [0.2, 0.25) is 5.78 Å². The molecule has 0 aliphatic carbocycles. The molecular formula is C20H17ClO4. The van der Waals surface area contributed by atoms with E-state index in [1.165, 1.54) is 6.07 Å². The number of alkyl halides is 1. The smallest absolute Gasteiger partial charge is 0.338 e. The summed E-state index contributed by atoms with van der Waals surface area (Å²) in [6.45, 7) is 0.312. The molecule has 2 aromatic rings. The fraction of sp³-hybridized carbons (Fsp3) is 0.200. The second-order valence-corrected chi connectivity index (χ2v) is 5.97. The minimum atomic E-state index is -0.453. The maximum Gasteiger partial charge on any atom is 0.338 e. The number of hydrogen-bond donors (Lipinski definition) is 0. The Balaban J connectivity index is 1.74. The van der Waals surface area contributed by atoms with Crippen molar-refractivity contribution in [1.29, 1.82) is 0 Å². The maximum atomic E-state index is 12.5. The van der Waals surface area contributed by atoms with Crippen molar-refractivity contribution in [3.05, 3.63) is 71.0 Å². The molecule has 0 amide bonds. The largest absolute Gasteiger partial charge is 0.462 e. The zero-order valence-electron chi connectivity index (χ0n) is 13.5. The van der Waals surface area contributed by atoms with Gasteiger partial charge in [0, 0.05) is 5.88 Å². The first-order valence-corrected chi connectivity index (χ1v) is 8.59. The quantitative estimate of drug-likeness (QED) is 0.331. The molecule has 128 valence electrons. The van der Waals surface area contributed by atoms with Crippen LogP contribution in [0.4, 0.5) is 0 Å². The van der Waals surface area contributed by atoms with E-state index in [2.05, 4.69) is 0 Å². The number of esters is 1. The molecule has 0 saturated heterocycles. The molecule has 0 saturated carbocycles. The lowest BCUT2D eigenvalue weighted by molar-refractivity contribution is 0.0500. The van der Waals surface area contributed by atoms with Crippen molar-refractivity contribution in [2.75, 3.05) is 12.5 Å². The number of carbonyl (C=O) groups excluding carboxylic acids is 2. The Labute approximate surface area is 151 Å². The molecule has 0 unspecified atom stereocenters. The van der Waals surface area contributed by atoms with E-state index < -0.39 is 5.97 Å². The van der Waals surface area contributed by atoms with E-state index in [0.29, 0.717) is 35.8 Å². The van der Waals surface area contributed by atoms with Crippen LogP contribution in [-0.4, -0.2) is 24.2 Å². The van der Waals surface area contributed by atoms with Crippen LogP contribution in [0.1, 0.15) is 39.1 Å². The zero-order chi connectivity index (χ0) is 17.6. The summed E-state index contributed by atoms with van der Waals surface area (Å²) in [6.07, 6.45) is 3.19. The van der Waals surface area contributed by atoms with E-state index >= 15 is 0 Å². The Morgan fingerprint density at radius 3 is 2.68 bits per heavy atom. The predicted octanol–water partition coefficient (Wildman–Crippen LogP) is 4.48. The van der Waals surface area contributed by atoms with Crippen molar-refractivity contribution in [3.63, 3.8) is 0 Å². The van der Waals surface area contributed by atoms with Crippen LogP contribution >= 0.6 is 11.6 Å². The van der Waals surface area contributed by atoms with E-state index in [-0.39, 0.29) is 11.5 Å². The topological polar surface area (TPSA) is 52.6 Å². The average Bonchev–Trinajstić information content (AvgIpc) is 2.95. The number of unbranched alkanes of at least 4 members (excludes halogenated alkanes) is 1. The van der Waals surface area contributed by atoms with Crippen molar-refractivity contribution < 1.29 is 19.1 Å². The van der Waals surface area contributed by atoms with Crippen LogP contribution in [0, 0.1) is 0 Å². The van der Waals surface area contributed by atoms with Gasteiger partial charge in [-0.3, -0.25) is 4.79 Å². The number of carbonyl (C=O) groups is 2. The van der Waals surface area contributed by atoms with Crippen LogP contribution in [0.15, 0.2) is 54.3 Å². The van der Waals surface area contributed by atoms with Gasteiger partial charge in [0.1, 0.15) is 5.75 Å². The van der Waals surface area contributed by atoms with Gasteiger partial charge in [0.15, 0.2) is 5.76 Å². The monoisotopic (exact) mass is 356 g/mol. The third-order valence-electron chi connectivity index (χ3n) is 3.76. The highest BCUT2D eigenvalue weighted by molar-refractivity contribution is 6.17. The van der Waals surface area contributed by atoms with E-state index in [1.54, 1.807) is 18.2 Å². The molecule has 2 aromatic carbocycles. The molecule has 0 radical (unpaired) electrons. The molecule has 1 aliphatic rings. The Kier molecular flexibility index (Phi) is 5.51. The molecule has 0 atom stereocenters. The Bertz CT molecular complexity index is 812. The van der Waals surface area contributed by atoms with Gasteiger partial charge in [-0.15, -0.1) is 11.6 Å². The van der Waals surface area contributed by atoms with E-state index in [9.17, 15) is 9.59 Å². The van der Waals surface area contributed by atoms with Gasteiger partial charge in [-0.1, -0.05) is 30.3 Å². The van der Waals surface area contributed by atoms with Gasteiger partial charge in [-0.05, 0) is 42.7 Å². The summed E-state index contributed by atoms with van der Waals surface area (Å²) in [6, 6.07) is 14.2. The van der Waals surface area contributed by atoms with Crippen LogP contribution in [-0.2, 0) is 4.74 Å². The number of ether oxygens (including phenoxy) is 2. The third-order valence-corrected chi connectivity index (χ3v) is 4.03. The molecule has 1 heterocycles. The first-order valence-electron chi connectivity index (χ1n) is 8.05. The number of hydrogen-bond acceptors (Lipinski definition) is 4. The van der Waals surface area contributed by atoms with Gasteiger partial charge in [0.25, 0.3) is 0 Å². The Morgan fingerprint density at radius 2 is 1.92 bits per heavy atom. The van der Waals surface area contributed by atoms with E-state index in [0.717, 1.165) is 12.0 Å². The minimum absolute atomic E-state index is 0.240. The normalized spacial score (nSPS) is 14.3. The number of ketones is 1. The van der Waals surface area contributed by atoms with E-state index in [1.807, 2.05) is 30.3 Å². The standard InChI is InChI=1S/C20H17ClO4/c21-10-4-5-11-24-20(23)15-8-9-17-16(13-15)19(22)18(25-17)12-14-6-2-1-3-7-14/h1-3,6-9,12-13H,4-5,10-11H2/b18-12+. The van der Waals surface area contributed by atoms with Crippen molar-refractivity contribution in [2.24, 2.45) is 0 Å². The average molecular weight is 357 g/mol. The summed E-state index contributed by atoms with van der Waals surface area (Å²) >= 11 is 5.59. The highest BCUT2D eigenvalue weighted by atomic mass is 35.5. The molecule has 4 nitrogen and oxygen atoms in total. The molecule has 0 spiro atoms. The number of allylic oxidation sites excluding steroid dienone is 1. The maximum absolute atomic E-state index is 12.5. The first kappa shape index (κ1) is 17.2. The van der Waals surface area contributed by atoms with Crippen LogP contribution in [0.25, 0.3) is 6.08 Å². The number of rotatable bonds is 6. The highest BCUT2D eigenvalue weighted by Crippen LogP contribution is 2.32. The summed E-state index contributed by atoms with van der Waals surface area (Å²) < 4.78 is 10.8. The lowest BCUT2D eigenvalue weighted by Crippen LogP contribution is -2.07. The minimum Gasteiger partial charge on any atom is -0.462 e. The number of halogens is 1. The Morgan fingerprint density at radius 1 is 1.12 bits per heavy atom. The molecule has 25 heavy (non-hydrogen) atoms. The molecular weight excluding hydrogens is 340 g/mol. The molecule has 5 heteroatoms. The summed E-state index contributed by atoms with van der Waals surface area (Å²) in [5.74, 6) is 0.541. The fourth-order valence-corrected chi connectivity index (χ4v) is 2.65. The van der Waals surface area contributed by atoms with Crippen LogP contribution < -0.4 is 4.74 Å². The number of fused-ring (bicyclic) bond motifs is 1. The van der Waals surface area contributed by atoms with Gasteiger partial charge >= 0.3 is 5.97 Å². The van der Waals surface area contributed by atoms with Gasteiger partial charge in [0.05, 0.1) is 17.7 Å². The summed E-state index contributed by atoms with van der Waals surface area (Å²) in [4.78, 5) is 24.6. The lowest BCUT2D eigenvalue weighted by Gasteiger charge is -2.05. The molecule has 0 aromatic heterocycles. The Hall–Kier alpha value is -2.59. The fourth-order valence-electron chi connectivity index (χ4n) is 2.46. The molecule has 0 fully saturated rings. The van der Waals surface area contributed by atoms with Crippen molar-refractivity contribution in [2.45, 2.75) is 12.8 Å². The van der Waals surface area contributed by atoms with Gasteiger partial charge in [-0.2, -0.15) is 0 Å². The summed E-state index contributed by atoms with van der Waals surface area (Å²) in [5.41, 5.74) is 1.58. The SMILES string of the molecule is O=C(OCCCCCl)c1ccc2c(c1)C(=O)/C(=C\c1ccccc1)O2. The first-order chi connectivity index (χ1) is 12.2. The molecule has 3 rings (SSSR count). The molecule has 1 aliphatic heterocycles. The third kappa shape index (κ3) is 4.09. The molecule has 0 N–H and O–H groups in total. The van der Waals surface area contributed by atoms with Crippen LogP contribution in [0.3, 0.4) is 0 Å². The van der Waals surface area contributed by atoms with Crippen LogP contribution in [0.5, 0.6) is 5.75 Å². The number of Topliss-reactive ketones (excluding diaryl/α,β-unsaturated/α-hetero) is 1. The summed E-state index contributed by atoms with van der Waals surface area (Å²) in [5, 5.41) is 0. The van der Waals surface area contributed by atoms with Crippen molar-refractivity contribution >= 4 is 29.4 Å². The second-order valence-electron chi connectivity index (χ2n) is 5.59. The van der Waals surface area contributed by atoms with Crippen molar-refractivity contribution in [3.8, 4) is 5.75 Å². The van der Waals surface area contributed by atoms with Crippen molar-refractivity contribution in [1.82, 2.24) is 0 Å². The van der Waals surface area contributed by atoms with E-state index in [4.69, 9.17) is 21.1 Å². The zero-order valence-corrected chi connectivity index (χ0v) is 14.3. The molecule has 0 bridgehead atoms. The predicted molar refractivity (Wildman–Crippen MR) is 96.1 cm³/mol. The summed E-state index contributed by atoms with van der Waals surface area (Å²) in [7, 11) is 0. The number of benzene rings is 2. The highest BCUT2D eigenvalue weighted by Gasteiger charge is 2.28. The van der Waals surface area contributed by atoms with Crippen LogP contribution in [0.2, 0.25) is 0 Å². The second kappa shape index (κ2) is 7.99. The lowest BCUT2D eigenvalue weighted by atomic mass is 10.1. The van der Waals surface area contributed by atoms with Gasteiger partial charge < -0.3 is 9.47 Å².